The Morgan fingerprint density at radius 2 is 1.96 bits per heavy atom. The molecule has 0 saturated carbocycles. The lowest BCUT2D eigenvalue weighted by atomic mass is 9.94. The molecule has 0 aromatic carbocycles. The second kappa shape index (κ2) is 9.34. The zero-order valence-corrected chi connectivity index (χ0v) is 19.0. The molecular weight excluding hydrogens is 360 g/mol. The summed E-state index contributed by atoms with van der Waals surface area (Å²) in [5.74, 6) is -1.46. The van der Waals surface area contributed by atoms with Crippen molar-refractivity contribution in [1.29, 1.82) is 0 Å². The normalized spacial score (nSPS) is 22.8. The van der Waals surface area contributed by atoms with Crippen LogP contribution in [0.15, 0.2) is 11.6 Å². The standard InChI is InChI=1S/C20H38N2O4Si/c1-8-9-15(10-11-21)14(2)18(23)22-13-16(12-17(22)19(24)25)26-27(6,7)20(3,4)5/h10,14,16-17H,8-9,11-13,21H2,1-7H3,(H,24,25)/b15-10+/t14?,16-,17+/m1/s1. The molecule has 1 unspecified atom stereocenters. The number of hydrogen-bond acceptors (Lipinski definition) is 4. The predicted molar refractivity (Wildman–Crippen MR) is 111 cm³/mol. The molecular formula is C20H38N2O4Si. The van der Waals surface area contributed by atoms with Gasteiger partial charge in [0.15, 0.2) is 8.32 Å². The molecule has 3 atom stereocenters. The Bertz CT molecular complexity index is 569. The SMILES string of the molecule is CCC/C(=C\CN)C(C)C(=O)N1C[C@H](O[Si](C)(C)C(C)(C)C)C[C@H]1C(=O)O. The van der Waals surface area contributed by atoms with E-state index in [1.165, 1.54) is 4.90 Å². The van der Waals surface area contributed by atoms with E-state index < -0.39 is 20.3 Å². The number of amides is 1. The van der Waals surface area contributed by atoms with Crippen molar-refractivity contribution in [2.24, 2.45) is 11.7 Å². The van der Waals surface area contributed by atoms with Gasteiger partial charge in [0.05, 0.1) is 12.0 Å². The Kier molecular flexibility index (Phi) is 8.25. The van der Waals surface area contributed by atoms with Crippen molar-refractivity contribution >= 4 is 20.2 Å². The lowest BCUT2D eigenvalue weighted by Crippen LogP contribution is -2.45. The van der Waals surface area contributed by atoms with Gasteiger partial charge in [-0.05, 0) is 31.5 Å². The third-order valence-corrected chi connectivity index (χ3v) is 10.5. The summed E-state index contributed by atoms with van der Waals surface area (Å²) in [5, 5.41) is 9.70. The van der Waals surface area contributed by atoms with E-state index in [1.54, 1.807) is 0 Å². The maximum absolute atomic E-state index is 13.1. The summed E-state index contributed by atoms with van der Waals surface area (Å²) in [6.45, 7) is 15.4. The number of rotatable bonds is 8. The van der Waals surface area contributed by atoms with E-state index in [-0.39, 0.29) is 23.0 Å². The van der Waals surface area contributed by atoms with Crippen molar-refractivity contribution in [3.63, 3.8) is 0 Å². The average molecular weight is 399 g/mol. The van der Waals surface area contributed by atoms with Gasteiger partial charge in [0, 0.05) is 19.5 Å². The molecule has 0 aliphatic carbocycles. The van der Waals surface area contributed by atoms with Crippen LogP contribution in [0.3, 0.4) is 0 Å². The van der Waals surface area contributed by atoms with Crippen molar-refractivity contribution in [2.45, 2.75) is 84.2 Å². The molecule has 0 aromatic rings. The molecule has 0 bridgehead atoms. The van der Waals surface area contributed by atoms with E-state index in [0.717, 1.165) is 18.4 Å². The zero-order chi connectivity index (χ0) is 21.0. The molecule has 0 radical (unpaired) electrons. The first kappa shape index (κ1) is 23.9. The lowest BCUT2D eigenvalue weighted by Gasteiger charge is -2.38. The summed E-state index contributed by atoms with van der Waals surface area (Å²) in [5.41, 5.74) is 6.64. The Morgan fingerprint density at radius 3 is 2.41 bits per heavy atom. The number of hydrogen-bond donors (Lipinski definition) is 2. The molecule has 3 N–H and O–H groups in total. The molecule has 0 aromatic heterocycles. The minimum absolute atomic E-state index is 0.0363. The fraction of sp³-hybridized carbons (Fsp3) is 0.800. The molecule has 7 heteroatoms. The van der Waals surface area contributed by atoms with Crippen LogP contribution in [0.5, 0.6) is 0 Å². The van der Waals surface area contributed by atoms with Crippen LogP contribution in [0.25, 0.3) is 0 Å². The van der Waals surface area contributed by atoms with Gasteiger partial charge in [0.25, 0.3) is 0 Å². The Hall–Kier alpha value is -1.18. The number of carbonyl (C=O) groups excluding carboxylic acids is 1. The third-order valence-electron chi connectivity index (χ3n) is 5.94. The number of carboxylic acids is 1. The minimum Gasteiger partial charge on any atom is -0.480 e. The van der Waals surface area contributed by atoms with Gasteiger partial charge in [-0.25, -0.2) is 4.79 Å². The van der Waals surface area contributed by atoms with Crippen LogP contribution in [0.4, 0.5) is 0 Å². The molecule has 6 nitrogen and oxygen atoms in total. The summed E-state index contributed by atoms with van der Waals surface area (Å²) in [7, 11) is -2.03. The van der Waals surface area contributed by atoms with Gasteiger partial charge in [0.1, 0.15) is 6.04 Å². The number of carboxylic acid groups (broad SMARTS) is 1. The van der Waals surface area contributed by atoms with Gasteiger partial charge in [-0.3, -0.25) is 4.79 Å². The van der Waals surface area contributed by atoms with Crippen molar-refractivity contribution < 1.29 is 19.1 Å². The van der Waals surface area contributed by atoms with Crippen LogP contribution >= 0.6 is 0 Å². The number of nitrogens with zero attached hydrogens (tertiary/aromatic N) is 1. The monoisotopic (exact) mass is 398 g/mol. The fourth-order valence-electron chi connectivity index (χ4n) is 3.30. The van der Waals surface area contributed by atoms with E-state index in [0.29, 0.717) is 19.5 Å². The maximum Gasteiger partial charge on any atom is 0.326 e. The molecule has 1 amide bonds. The van der Waals surface area contributed by atoms with Crippen LogP contribution < -0.4 is 5.73 Å². The molecule has 1 aliphatic rings. The lowest BCUT2D eigenvalue weighted by molar-refractivity contribution is -0.149. The Morgan fingerprint density at radius 1 is 1.37 bits per heavy atom. The second-order valence-electron chi connectivity index (χ2n) is 9.07. The van der Waals surface area contributed by atoms with Gasteiger partial charge in [-0.15, -0.1) is 0 Å². The Balaban J connectivity index is 3.00. The van der Waals surface area contributed by atoms with Crippen molar-refractivity contribution in [2.75, 3.05) is 13.1 Å². The third kappa shape index (κ3) is 5.89. The van der Waals surface area contributed by atoms with Crippen LogP contribution in [0, 0.1) is 5.92 Å². The van der Waals surface area contributed by atoms with Crippen molar-refractivity contribution in [3.8, 4) is 0 Å². The number of carbonyl (C=O) groups is 2. The first-order valence-electron chi connectivity index (χ1n) is 9.95. The van der Waals surface area contributed by atoms with Gasteiger partial charge in [0.2, 0.25) is 5.91 Å². The molecule has 1 saturated heterocycles. The Labute approximate surface area is 165 Å². The quantitative estimate of drug-likeness (QED) is 0.483. The molecule has 156 valence electrons. The predicted octanol–water partition coefficient (Wildman–Crippen LogP) is 3.38. The topological polar surface area (TPSA) is 92.9 Å². The summed E-state index contributed by atoms with van der Waals surface area (Å²) >= 11 is 0. The number of aliphatic carboxylic acids is 1. The van der Waals surface area contributed by atoms with E-state index in [2.05, 4.69) is 40.8 Å². The summed E-state index contributed by atoms with van der Waals surface area (Å²) < 4.78 is 6.41. The first-order chi connectivity index (χ1) is 12.4. The molecule has 0 spiro atoms. The second-order valence-corrected chi connectivity index (χ2v) is 13.8. The highest BCUT2D eigenvalue weighted by Crippen LogP contribution is 2.39. The van der Waals surface area contributed by atoms with Gasteiger partial charge in [-0.2, -0.15) is 0 Å². The number of likely N-dealkylation sites (tertiary alicyclic amines) is 1. The first-order valence-corrected chi connectivity index (χ1v) is 12.9. The van der Waals surface area contributed by atoms with Gasteiger partial charge < -0.3 is 20.2 Å². The molecule has 1 rings (SSSR count). The van der Waals surface area contributed by atoms with Crippen LogP contribution in [0.1, 0.15) is 53.9 Å². The minimum atomic E-state index is -2.03. The molecule has 1 fully saturated rings. The van der Waals surface area contributed by atoms with Crippen LogP contribution in [-0.4, -0.2) is 55.4 Å². The largest absolute Gasteiger partial charge is 0.480 e. The van der Waals surface area contributed by atoms with Gasteiger partial charge >= 0.3 is 5.97 Å². The number of nitrogens with two attached hydrogens (primary N) is 1. The average Bonchev–Trinajstić information content (AvgIpc) is 2.95. The van der Waals surface area contributed by atoms with Crippen LogP contribution in [0.2, 0.25) is 18.1 Å². The fourth-order valence-corrected chi connectivity index (χ4v) is 4.65. The summed E-state index contributed by atoms with van der Waals surface area (Å²) in [6, 6.07) is -0.824. The molecule has 1 aliphatic heterocycles. The van der Waals surface area contributed by atoms with E-state index in [1.807, 2.05) is 13.0 Å². The van der Waals surface area contributed by atoms with Crippen molar-refractivity contribution in [3.05, 3.63) is 11.6 Å². The summed E-state index contributed by atoms with van der Waals surface area (Å²) in [6.07, 6.45) is 3.73. The highest BCUT2D eigenvalue weighted by molar-refractivity contribution is 6.74. The smallest absolute Gasteiger partial charge is 0.326 e. The van der Waals surface area contributed by atoms with E-state index in [9.17, 15) is 14.7 Å². The van der Waals surface area contributed by atoms with Crippen LogP contribution in [-0.2, 0) is 14.0 Å². The highest BCUT2D eigenvalue weighted by Gasteiger charge is 2.46. The molecule has 1 heterocycles. The van der Waals surface area contributed by atoms with Crippen molar-refractivity contribution in [1.82, 2.24) is 4.90 Å². The highest BCUT2D eigenvalue weighted by atomic mass is 28.4. The maximum atomic E-state index is 13.1. The van der Waals surface area contributed by atoms with E-state index in [4.69, 9.17) is 10.2 Å². The zero-order valence-electron chi connectivity index (χ0n) is 18.0. The summed E-state index contributed by atoms with van der Waals surface area (Å²) in [4.78, 5) is 26.4. The van der Waals surface area contributed by atoms with E-state index >= 15 is 0 Å². The van der Waals surface area contributed by atoms with Gasteiger partial charge in [-0.1, -0.05) is 45.8 Å². The molecule has 27 heavy (non-hydrogen) atoms.